The maximum Gasteiger partial charge on any atom is 0.260 e. The molecule has 2 heterocycles. The summed E-state index contributed by atoms with van der Waals surface area (Å²) < 4.78 is 1.83. The number of nitrogens with zero attached hydrogens (tertiary/aromatic N) is 3. The average molecular weight is 447 g/mol. The van der Waals surface area contributed by atoms with Crippen LogP contribution >= 0.6 is 11.6 Å². The van der Waals surface area contributed by atoms with Gasteiger partial charge in [-0.1, -0.05) is 60.1 Å². The molecule has 0 spiro atoms. The molecule has 7 heteroatoms. The number of halogens is 1. The zero-order valence-electron chi connectivity index (χ0n) is 17.9. The van der Waals surface area contributed by atoms with Gasteiger partial charge in [0.1, 0.15) is 5.56 Å². The van der Waals surface area contributed by atoms with E-state index in [1.165, 1.54) is 4.90 Å². The zero-order chi connectivity index (χ0) is 22.7. The highest BCUT2D eigenvalue weighted by Crippen LogP contribution is 2.25. The van der Waals surface area contributed by atoms with Crippen molar-refractivity contribution in [2.24, 2.45) is 0 Å². The van der Waals surface area contributed by atoms with E-state index in [4.69, 9.17) is 16.7 Å². The third kappa shape index (κ3) is 4.65. The molecule has 2 aromatic heterocycles. The number of aromatic amines is 1. The van der Waals surface area contributed by atoms with Gasteiger partial charge < -0.3 is 9.88 Å². The Labute approximate surface area is 191 Å². The number of hydrogen-bond donors (Lipinski definition) is 1. The van der Waals surface area contributed by atoms with Crippen molar-refractivity contribution in [1.29, 1.82) is 0 Å². The second kappa shape index (κ2) is 9.24. The number of benzene rings is 2. The molecule has 0 aliphatic rings. The summed E-state index contributed by atoms with van der Waals surface area (Å²) in [5.74, 6) is -0.343. The van der Waals surface area contributed by atoms with Crippen molar-refractivity contribution in [3.8, 4) is 11.3 Å². The van der Waals surface area contributed by atoms with Crippen molar-refractivity contribution in [3.05, 3.63) is 111 Å². The Morgan fingerprint density at radius 1 is 1.03 bits per heavy atom. The fraction of sp³-hybridized carbons (Fsp3) is 0.160. The van der Waals surface area contributed by atoms with Crippen LogP contribution in [-0.4, -0.2) is 32.6 Å². The van der Waals surface area contributed by atoms with Crippen LogP contribution in [0.15, 0.2) is 77.7 Å². The number of carbonyl (C=O) groups excluding carboxylic acids is 1. The Hall–Kier alpha value is -3.64. The van der Waals surface area contributed by atoms with Gasteiger partial charge in [-0.05, 0) is 30.7 Å². The molecule has 0 saturated heterocycles. The van der Waals surface area contributed by atoms with Gasteiger partial charge in [-0.25, -0.2) is 0 Å². The maximum absolute atomic E-state index is 12.9. The predicted molar refractivity (Wildman–Crippen MR) is 126 cm³/mol. The third-order valence-electron chi connectivity index (χ3n) is 5.21. The first-order valence-corrected chi connectivity index (χ1v) is 10.6. The lowest BCUT2D eigenvalue weighted by Crippen LogP contribution is -2.31. The van der Waals surface area contributed by atoms with Crippen LogP contribution in [0.4, 0.5) is 0 Å². The molecule has 0 bridgehead atoms. The standard InChI is InChI=1S/C25H23ClN4O2/c1-17-12-13-21(24(31)27-17)25(32)29(2)14-20-16-30(15-19-10-6-7-11-22(19)26)28-23(20)18-8-4-3-5-9-18/h3-13,16H,14-15H2,1-2H3,(H,27,31). The Morgan fingerprint density at radius 3 is 2.47 bits per heavy atom. The Kier molecular flexibility index (Phi) is 6.23. The second-order valence-corrected chi connectivity index (χ2v) is 8.11. The Bertz CT molecular complexity index is 1310. The number of carbonyl (C=O) groups is 1. The molecular formula is C25H23ClN4O2. The van der Waals surface area contributed by atoms with E-state index in [2.05, 4.69) is 4.98 Å². The van der Waals surface area contributed by atoms with Crippen LogP contribution in [0.1, 0.15) is 27.2 Å². The highest BCUT2D eigenvalue weighted by atomic mass is 35.5. The lowest BCUT2D eigenvalue weighted by Gasteiger charge is -2.17. The van der Waals surface area contributed by atoms with Gasteiger partial charge in [-0.2, -0.15) is 5.10 Å². The lowest BCUT2D eigenvalue weighted by molar-refractivity contribution is 0.0783. The molecule has 0 aliphatic carbocycles. The van der Waals surface area contributed by atoms with E-state index >= 15 is 0 Å². The van der Waals surface area contributed by atoms with E-state index < -0.39 is 0 Å². The van der Waals surface area contributed by atoms with Crippen LogP contribution in [0, 0.1) is 6.92 Å². The summed E-state index contributed by atoms with van der Waals surface area (Å²) >= 11 is 6.33. The summed E-state index contributed by atoms with van der Waals surface area (Å²) in [6, 6.07) is 20.7. The number of hydrogen-bond acceptors (Lipinski definition) is 3. The SMILES string of the molecule is Cc1ccc(C(=O)N(C)Cc2cn(Cc3ccccc3Cl)nc2-c2ccccc2)c(=O)[nH]1. The van der Waals surface area contributed by atoms with Crippen LogP contribution in [0.2, 0.25) is 5.02 Å². The second-order valence-electron chi connectivity index (χ2n) is 7.70. The number of nitrogens with one attached hydrogen (secondary N) is 1. The molecule has 2 aromatic carbocycles. The Morgan fingerprint density at radius 2 is 1.75 bits per heavy atom. The smallest absolute Gasteiger partial charge is 0.260 e. The van der Waals surface area contributed by atoms with E-state index in [1.807, 2.05) is 65.5 Å². The van der Waals surface area contributed by atoms with Gasteiger partial charge in [0.15, 0.2) is 0 Å². The number of pyridine rings is 1. The quantitative estimate of drug-likeness (QED) is 0.473. The number of H-pyrrole nitrogens is 1. The maximum atomic E-state index is 12.9. The van der Waals surface area contributed by atoms with Gasteiger partial charge in [0.25, 0.3) is 11.5 Å². The van der Waals surface area contributed by atoms with Crippen LogP contribution in [0.5, 0.6) is 0 Å². The van der Waals surface area contributed by atoms with Crippen molar-refractivity contribution in [3.63, 3.8) is 0 Å². The van der Waals surface area contributed by atoms with Crippen molar-refractivity contribution in [2.45, 2.75) is 20.0 Å². The van der Waals surface area contributed by atoms with Crippen LogP contribution < -0.4 is 5.56 Å². The normalized spacial score (nSPS) is 10.8. The molecule has 4 aromatic rings. The molecule has 4 rings (SSSR count). The predicted octanol–water partition coefficient (Wildman–Crippen LogP) is 4.52. The summed E-state index contributed by atoms with van der Waals surface area (Å²) in [5, 5.41) is 5.46. The molecule has 0 saturated carbocycles. The van der Waals surface area contributed by atoms with Crippen molar-refractivity contribution in [1.82, 2.24) is 19.7 Å². The Balaban J connectivity index is 1.65. The first-order valence-electron chi connectivity index (χ1n) is 10.2. The third-order valence-corrected chi connectivity index (χ3v) is 5.58. The van der Waals surface area contributed by atoms with Crippen LogP contribution in [0.3, 0.4) is 0 Å². The van der Waals surface area contributed by atoms with Gasteiger partial charge in [-0.3, -0.25) is 14.3 Å². The number of aromatic nitrogens is 3. The average Bonchev–Trinajstić information content (AvgIpc) is 3.17. The number of aryl methyl sites for hydroxylation is 1. The van der Waals surface area contributed by atoms with Crippen molar-refractivity contribution < 1.29 is 4.79 Å². The number of rotatable bonds is 6. The molecule has 0 unspecified atom stereocenters. The minimum absolute atomic E-state index is 0.114. The minimum atomic E-state index is -0.389. The van der Waals surface area contributed by atoms with Crippen molar-refractivity contribution >= 4 is 17.5 Å². The molecule has 1 amide bonds. The van der Waals surface area contributed by atoms with Gasteiger partial charge in [0, 0.05) is 41.6 Å². The largest absolute Gasteiger partial charge is 0.337 e. The lowest BCUT2D eigenvalue weighted by atomic mass is 10.1. The summed E-state index contributed by atoms with van der Waals surface area (Å²) in [6.45, 7) is 2.59. The van der Waals surface area contributed by atoms with E-state index in [1.54, 1.807) is 26.1 Å². The molecule has 0 aliphatic heterocycles. The topological polar surface area (TPSA) is 71.0 Å². The van der Waals surface area contributed by atoms with Gasteiger partial charge in [0.2, 0.25) is 0 Å². The van der Waals surface area contributed by atoms with E-state index in [0.29, 0.717) is 23.8 Å². The number of amides is 1. The first kappa shape index (κ1) is 21.6. The minimum Gasteiger partial charge on any atom is -0.337 e. The molecule has 0 atom stereocenters. The molecule has 0 fully saturated rings. The van der Waals surface area contributed by atoms with E-state index in [0.717, 1.165) is 22.4 Å². The van der Waals surface area contributed by atoms with E-state index in [9.17, 15) is 9.59 Å². The summed E-state index contributed by atoms with van der Waals surface area (Å²) in [7, 11) is 1.68. The molecule has 0 radical (unpaired) electrons. The summed E-state index contributed by atoms with van der Waals surface area (Å²) in [5.41, 5.74) is 4.01. The van der Waals surface area contributed by atoms with Crippen molar-refractivity contribution in [2.75, 3.05) is 7.05 Å². The van der Waals surface area contributed by atoms with Gasteiger partial charge in [0.05, 0.1) is 12.2 Å². The van der Waals surface area contributed by atoms with E-state index in [-0.39, 0.29) is 17.0 Å². The highest BCUT2D eigenvalue weighted by molar-refractivity contribution is 6.31. The van der Waals surface area contributed by atoms with Crippen LogP contribution in [0.25, 0.3) is 11.3 Å². The zero-order valence-corrected chi connectivity index (χ0v) is 18.6. The summed E-state index contributed by atoms with van der Waals surface area (Å²) in [6.07, 6.45) is 1.93. The monoisotopic (exact) mass is 446 g/mol. The molecular weight excluding hydrogens is 424 g/mol. The van der Waals surface area contributed by atoms with Crippen LogP contribution in [-0.2, 0) is 13.1 Å². The molecule has 32 heavy (non-hydrogen) atoms. The highest BCUT2D eigenvalue weighted by Gasteiger charge is 2.19. The summed E-state index contributed by atoms with van der Waals surface area (Å²) in [4.78, 5) is 29.4. The van der Waals surface area contributed by atoms with Gasteiger partial charge >= 0.3 is 0 Å². The fourth-order valence-electron chi connectivity index (χ4n) is 3.57. The first-order chi connectivity index (χ1) is 15.4. The van der Waals surface area contributed by atoms with Gasteiger partial charge in [-0.15, -0.1) is 0 Å². The molecule has 6 nitrogen and oxygen atoms in total. The fourth-order valence-corrected chi connectivity index (χ4v) is 3.77. The molecule has 1 N–H and O–H groups in total. The molecule has 162 valence electrons.